The Labute approximate surface area is 121 Å². The summed E-state index contributed by atoms with van der Waals surface area (Å²) in [6.45, 7) is -0.433. The van der Waals surface area contributed by atoms with E-state index in [1.54, 1.807) is 0 Å². The molecule has 0 atom stereocenters. The third kappa shape index (κ3) is 3.77. The van der Waals surface area contributed by atoms with Crippen LogP contribution in [0.4, 0.5) is 0 Å². The van der Waals surface area contributed by atoms with E-state index in [0.29, 0.717) is 0 Å². The summed E-state index contributed by atoms with van der Waals surface area (Å²) in [5.41, 5.74) is -0.156. The molecule has 1 saturated carbocycles. The van der Waals surface area contributed by atoms with E-state index in [0.717, 1.165) is 37.8 Å². The van der Waals surface area contributed by atoms with Crippen LogP contribution < -0.4 is 5.32 Å². The molecule has 0 aliphatic heterocycles. The predicted molar refractivity (Wildman–Crippen MR) is 72.1 cm³/mol. The Balaban J connectivity index is 1.88. The summed E-state index contributed by atoms with van der Waals surface area (Å²) in [4.78, 5) is 23.3. The Hall–Kier alpha value is -2.44. The monoisotopic (exact) mass is 295 g/mol. The Bertz CT molecular complexity index is 527. The van der Waals surface area contributed by atoms with E-state index < -0.39 is 29.8 Å². The van der Waals surface area contributed by atoms with Gasteiger partial charge in [0.15, 0.2) is 23.9 Å². The normalized spacial score (nSPS) is 14.9. The summed E-state index contributed by atoms with van der Waals surface area (Å²) < 4.78 is 4.80. The van der Waals surface area contributed by atoms with Gasteiger partial charge < -0.3 is 25.4 Å². The summed E-state index contributed by atoms with van der Waals surface area (Å²) in [6.07, 6.45) is 4.02. The second kappa shape index (κ2) is 6.34. The Morgan fingerprint density at radius 2 is 1.71 bits per heavy atom. The molecule has 1 aliphatic carbocycles. The molecule has 0 saturated heterocycles. The molecular formula is C14H17NO6. The standard InChI is InChI=1S/C14H17NO6/c16-10-5-8(6-11(17)13(10)19)14(20)21-7-12(18)15-9-3-1-2-4-9/h5-6,9,16-17,19H,1-4,7H2,(H,15,18). The van der Waals surface area contributed by atoms with Crippen LogP contribution in [0.1, 0.15) is 36.0 Å². The van der Waals surface area contributed by atoms with E-state index in [9.17, 15) is 24.9 Å². The van der Waals surface area contributed by atoms with E-state index in [4.69, 9.17) is 4.74 Å². The molecule has 114 valence electrons. The van der Waals surface area contributed by atoms with Gasteiger partial charge in [-0.15, -0.1) is 0 Å². The van der Waals surface area contributed by atoms with Crippen molar-refractivity contribution in [2.45, 2.75) is 31.7 Å². The van der Waals surface area contributed by atoms with Gasteiger partial charge in [0.05, 0.1) is 5.56 Å². The van der Waals surface area contributed by atoms with Crippen LogP contribution in [-0.4, -0.2) is 39.8 Å². The molecule has 2 rings (SSSR count). The summed E-state index contributed by atoms with van der Waals surface area (Å²) in [6, 6.07) is 2.04. The minimum atomic E-state index is -0.873. The molecule has 1 aromatic carbocycles. The van der Waals surface area contributed by atoms with Crippen LogP contribution in [0, 0.1) is 0 Å². The summed E-state index contributed by atoms with van der Waals surface area (Å²) in [7, 11) is 0. The molecule has 0 radical (unpaired) electrons. The number of rotatable bonds is 4. The van der Waals surface area contributed by atoms with Gasteiger partial charge in [0.2, 0.25) is 0 Å². The number of benzene rings is 1. The van der Waals surface area contributed by atoms with Gasteiger partial charge in [0, 0.05) is 6.04 Å². The highest BCUT2D eigenvalue weighted by molar-refractivity contribution is 5.92. The smallest absolute Gasteiger partial charge is 0.338 e. The minimum Gasteiger partial charge on any atom is -0.504 e. The van der Waals surface area contributed by atoms with Crippen LogP contribution in [0.25, 0.3) is 0 Å². The van der Waals surface area contributed by atoms with Crippen molar-refractivity contribution in [3.63, 3.8) is 0 Å². The van der Waals surface area contributed by atoms with E-state index in [1.807, 2.05) is 0 Å². The number of ether oxygens (including phenoxy) is 1. The third-order valence-electron chi connectivity index (χ3n) is 3.36. The quantitative estimate of drug-likeness (QED) is 0.487. The Kier molecular flexibility index (Phi) is 4.52. The number of nitrogens with one attached hydrogen (secondary N) is 1. The van der Waals surface area contributed by atoms with Crippen LogP contribution in [0.15, 0.2) is 12.1 Å². The minimum absolute atomic E-state index is 0.137. The zero-order chi connectivity index (χ0) is 15.4. The molecule has 1 aromatic rings. The van der Waals surface area contributed by atoms with E-state index >= 15 is 0 Å². The predicted octanol–water partition coefficient (Wildman–Crippen LogP) is 1.02. The lowest BCUT2D eigenvalue weighted by molar-refractivity contribution is -0.124. The van der Waals surface area contributed by atoms with Crippen LogP contribution in [-0.2, 0) is 9.53 Å². The first-order chi connectivity index (χ1) is 9.97. The van der Waals surface area contributed by atoms with Gasteiger partial charge in [0.25, 0.3) is 5.91 Å². The van der Waals surface area contributed by atoms with Gasteiger partial charge in [-0.2, -0.15) is 0 Å². The van der Waals surface area contributed by atoms with Gasteiger partial charge in [-0.3, -0.25) is 4.79 Å². The van der Waals surface area contributed by atoms with Crippen molar-refractivity contribution < 1.29 is 29.6 Å². The summed E-state index contributed by atoms with van der Waals surface area (Å²) >= 11 is 0. The number of phenolic OH excluding ortho intramolecular Hbond substituents is 3. The fourth-order valence-corrected chi connectivity index (χ4v) is 2.28. The number of amides is 1. The largest absolute Gasteiger partial charge is 0.504 e. The van der Waals surface area contributed by atoms with Crippen molar-refractivity contribution in [2.75, 3.05) is 6.61 Å². The highest BCUT2D eigenvalue weighted by Crippen LogP contribution is 2.35. The molecule has 21 heavy (non-hydrogen) atoms. The highest BCUT2D eigenvalue weighted by Gasteiger charge is 2.19. The second-order valence-electron chi connectivity index (χ2n) is 4.99. The van der Waals surface area contributed by atoms with Crippen LogP contribution >= 0.6 is 0 Å². The van der Waals surface area contributed by atoms with Gasteiger partial charge in [-0.1, -0.05) is 12.8 Å². The van der Waals surface area contributed by atoms with Crippen molar-refractivity contribution >= 4 is 11.9 Å². The highest BCUT2D eigenvalue weighted by atomic mass is 16.5. The molecular weight excluding hydrogens is 278 g/mol. The van der Waals surface area contributed by atoms with Crippen LogP contribution in [0.5, 0.6) is 17.2 Å². The number of esters is 1. The number of hydrogen-bond donors (Lipinski definition) is 4. The summed E-state index contributed by atoms with van der Waals surface area (Å²) in [5.74, 6) is -3.26. The molecule has 0 unspecified atom stereocenters. The van der Waals surface area contributed by atoms with E-state index in [2.05, 4.69) is 5.32 Å². The molecule has 0 heterocycles. The van der Waals surface area contributed by atoms with Crippen LogP contribution in [0.2, 0.25) is 0 Å². The van der Waals surface area contributed by atoms with Gasteiger partial charge in [0.1, 0.15) is 0 Å². The Morgan fingerprint density at radius 3 is 2.29 bits per heavy atom. The number of aromatic hydroxyl groups is 3. The van der Waals surface area contributed by atoms with E-state index in [1.165, 1.54) is 0 Å². The fourth-order valence-electron chi connectivity index (χ4n) is 2.28. The molecule has 7 heteroatoms. The average molecular weight is 295 g/mol. The maximum absolute atomic E-state index is 11.7. The van der Waals surface area contributed by atoms with Crippen LogP contribution in [0.3, 0.4) is 0 Å². The molecule has 0 aromatic heterocycles. The Morgan fingerprint density at radius 1 is 1.14 bits per heavy atom. The number of hydrogen-bond acceptors (Lipinski definition) is 6. The topological polar surface area (TPSA) is 116 Å². The first kappa shape index (κ1) is 15.0. The number of carbonyl (C=O) groups is 2. The SMILES string of the molecule is O=C(COC(=O)c1cc(O)c(O)c(O)c1)NC1CCCC1. The number of phenols is 3. The van der Waals surface area contributed by atoms with Crippen molar-refractivity contribution in [1.82, 2.24) is 5.32 Å². The lowest BCUT2D eigenvalue weighted by Crippen LogP contribution is -2.35. The molecule has 1 aliphatic rings. The van der Waals surface area contributed by atoms with Crippen molar-refractivity contribution in [1.29, 1.82) is 0 Å². The second-order valence-corrected chi connectivity index (χ2v) is 4.99. The first-order valence-corrected chi connectivity index (χ1v) is 6.69. The van der Waals surface area contributed by atoms with Crippen molar-refractivity contribution in [3.8, 4) is 17.2 Å². The molecule has 7 nitrogen and oxygen atoms in total. The van der Waals surface area contributed by atoms with Gasteiger partial charge in [-0.05, 0) is 25.0 Å². The zero-order valence-corrected chi connectivity index (χ0v) is 11.3. The van der Waals surface area contributed by atoms with E-state index in [-0.39, 0.29) is 17.5 Å². The fraction of sp³-hybridized carbons (Fsp3) is 0.429. The third-order valence-corrected chi connectivity index (χ3v) is 3.36. The lowest BCUT2D eigenvalue weighted by Gasteiger charge is -2.12. The maximum atomic E-state index is 11.7. The van der Waals surface area contributed by atoms with Gasteiger partial charge in [-0.25, -0.2) is 4.79 Å². The average Bonchev–Trinajstić information content (AvgIpc) is 2.94. The zero-order valence-electron chi connectivity index (χ0n) is 11.3. The molecule has 0 bridgehead atoms. The van der Waals surface area contributed by atoms with Crippen molar-refractivity contribution in [3.05, 3.63) is 17.7 Å². The summed E-state index contributed by atoms with van der Waals surface area (Å²) in [5, 5.41) is 30.5. The van der Waals surface area contributed by atoms with Gasteiger partial charge >= 0.3 is 5.97 Å². The molecule has 4 N–H and O–H groups in total. The first-order valence-electron chi connectivity index (χ1n) is 6.69. The number of carbonyl (C=O) groups excluding carboxylic acids is 2. The molecule has 1 amide bonds. The maximum Gasteiger partial charge on any atom is 0.338 e. The molecule has 0 spiro atoms. The molecule has 1 fully saturated rings. The lowest BCUT2D eigenvalue weighted by atomic mass is 10.2. The van der Waals surface area contributed by atoms with Crippen molar-refractivity contribution in [2.24, 2.45) is 0 Å².